The van der Waals surface area contributed by atoms with E-state index in [4.69, 9.17) is 17.3 Å². The maximum Gasteiger partial charge on any atom is 0.153 e. The fraction of sp³-hybridized carbons (Fsp3) is 0.133. The largest absolute Gasteiger partial charge is 0.382 e. The predicted molar refractivity (Wildman–Crippen MR) is 83.9 cm³/mol. The van der Waals surface area contributed by atoms with Gasteiger partial charge in [0.05, 0.1) is 22.6 Å². The number of nitrogen functional groups attached to an aromatic ring is 1. The van der Waals surface area contributed by atoms with Gasteiger partial charge < -0.3 is 5.73 Å². The molecule has 3 N–H and O–H groups in total. The summed E-state index contributed by atoms with van der Waals surface area (Å²) in [6.45, 7) is 3.80. The number of anilines is 1. The smallest absolute Gasteiger partial charge is 0.153 e. The van der Waals surface area contributed by atoms with Crippen LogP contribution in [0.1, 0.15) is 11.4 Å². The molecule has 106 valence electrons. The number of aromatic nitrogens is 4. The highest BCUT2D eigenvalue weighted by molar-refractivity contribution is 6.30. The Kier molecular flexibility index (Phi) is 3.35. The molecule has 0 spiro atoms. The second-order valence-corrected chi connectivity index (χ2v) is 5.29. The normalized spacial score (nSPS) is 10.8. The third-order valence-electron chi connectivity index (χ3n) is 3.28. The van der Waals surface area contributed by atoms with Crippen LogP contribution in [0.5, 0.6) is 0 Å². The van der Waals surface area contributed by atoms with Crippen molar-refractivity contribution in [3.8, 4) is 22.4 Å². The molecule has 1 aromatic carbocycles. The predicted octanol–water partition coefficient (Wildman–Crippen LogP) is 3.39. The highest BCUT2D eigenvalue weighted by Crippen LogP contribution is 2.36. The van der Waals surface area contributed by atoms with Gasteiger partial charge in [0.15, 0.2) is 5.82 Å². The Morgan fingerprint density at radius 1 is 1.14 bits per heavy atom. The summed E-state index contributed by atoms with van der Waals surface area (Å²) in [5.74, 6) is 0.432. The van der Waals surface area contributed by atoms with E-state index < -0.39 is 0 Å². The van der Waals surface area contributed by atoms with Crippen LogP contribution < -0.4 is 5.73 Å². The first-order chi connectivity index (χ1) is 10.1. The summed E-state index contributed by atoms with van der Waals surface area (Å²) in [7, 11) is 0. The third-order valence-corrected chi connectivity index (χ3v) is 3.51. The fourth-order valence-electron chi connectivity index (χ4n) is 2.29. The summed E-state index contributed by atoms with van der Waals surface area (Å²) in [6, 6.07) is 9.49. The van der Waals surface area contributed by atoms with Crippen LogP contribution >= 0.6 is 11.6 Å². The monoisotopic (exact) mass is 299 g/mol. The number of aryl methyl sites for hydroxylation is 2. The summed E-state index contributed by atoms with van der Waals surface area (Å²) >= 11 is 6.08. The maximum atomic E-state index is 6.08. The summed E-state index contributed by atoms with van der Waals surface area (Å²) in [5, 5.41) is 16.0. The van der Waals surface area contributed by atoms with Gasteiger partial charge in [-0.1, -0.05) is 23.7 Å². The van der Waals surface area contributed by atoms with E-state index in [1.807, 2.05) is 44.2 Å². The van der Waals surface area contributed by atoms with Crippen LogP contribution in [0.15, 0.2) is 30.3 Å². The number of nitrogens with one attached hydrogen (secondary N) is 1. The Balaban J connectivity index is 2.24. The minimum atomic E-state index is 0.432. The average Bonchev–Trinajstić information content (AvgIpc) is 2.83. The lowest BCUT2D eigenvalue weighted by molar-refractivity contribution is 0.940. The van der Waals surface area contributed by atoms with Crippen LogP contribution in [0.2, 0.25) is 5.02 Å². The quantitative estimate of drug-likeness (QED) is 0.760. The lowest BCUT2D eigenvalue weighted by Gasteiger charge is -2.07. The summed E-state index contributed by atoms with van der Waals surface area (Å²) < 4.78 is 0. The molecule has 0 aliphatic rings. The molecule has 2 aromatic heterocycles. The maximum absolute atomic E-state index is 6.08. The Hall–Kier alpha value is -2.40. The lowest BCUT2D eigenvalue weighted by atomic mass is 10.00. The van der Waals surface area contributed by atoms with Crippen molar-refractivity contribution in [1.29, 1.82) is 0 Å². The third kappa shape index (κ3) is 2.48. The zero-order valence-corrected chi connectivity index (χ0v) is 12.4. The molecule has 0 saturated carbocycles. The molecule has 2 heterocycles. The molecule has 0 saturated heterocycles. The van der Waals surface area contributed by atoms with E-state index in [1.165, 1.54) is 0 Å². The molecular formula is C15H14ClN5. The molecular weight excluding hydrogens is 286 g/mol. The zero-order chi connectivity index (χ0) is 15.0. The minimum absolute atomic E-state index is 0.432. The van der Waals surface area contributed by atoms with E-state index in [0.717, 1.165) is 33.8 Å². The van der Waals surface area contributed by atoms with Gasteiger partial charge in [-0.05, 0) is 37.6 Å². The summed E-state index contributed by atoms with van der Waals surface area (Å²) in [5.41, 5.74) is 11.2. The van der Waals surface area contributed by atoms with Crippen LogP contribution in [-0.4, -0.2) is 20.4 Å². The van der Waals surface area contributed by atoms with Gasteiger partial charge in [0.2, 0.25) is 0 Å². The first kappa shape index (κ1) is 13.6. The van der Waals surface area contributed by atoms with Gasteiger partial charge in [-0.3, -0.25) is 5.10 Å². The van der Waals surface area contributed by atoms with E-state index >= 15 is 0 Å². The molecule has 5 nitrogen and oxygen atoms in total. The van der Waals surface area contributed by atoms with Gasteiger partial charge in [-0.25, -0.2) is 0 Å². The first-order valence-corrected chi connectivity index (χ1v) is 6.85. The number of halogens is 1. The number of nitrogens with two attached hydrogens (primary N) is 1. The van der Waals surface area contributed by atoms with Gasteiger partial charge in [0.1, 0.15) is 0 Å². The van der Waals surface area contributed by atoms with Crippen LogP contribution in [0.4, 0.5) is 5.82 Å². The van der Waals surface area contributed by atoms with Crippen LogP contribution in [0, 0.1) is 13.8 Å². The number of hydrogen-bond acceptors (Lipinski definition) is 4. The number of aromatic amines is 1. The van der Waals surface area contributed by atoms with Gasteiger partial charge in [-0.2, -0.15) is 15.3 Å². The number of benzene rings is 1. The standard InChI is InChI=1S/C15H14ClN5/c1-8-6-12(9(2)19-18-8)14-13(15(17)21-20-14)10-4-3-5-11(16)7-10/h3-7H,1-2H3,(H3,17,20,21). The number of nitrogens with zero attached hydrogens (tertiary/aromatic N) is 3. The van der Waals surface area contributed by atoms with Crippen molar-refractivity contribution >= 4 is 17.4 Å². The molecule has 0 fully saturated rings. The van der Waals surface area contributed by atoms with Crippen molar-refractivity contribution in [3.05, 3.63) is 46.7 Å². The summed E-state index contributed by atoms with van der Waals surface area (Å²) in [6.07, 6.45) is 0. The Morgan fingerprint density at radius 3 is 2.71 bits per heavy atom. The molecule has 21 heavy (non-hydrogen) atoms. The minimum Gasteiger partial charge on any atom is -0.382 e. The van der Waals surface area contributed by atoms with Gasteiger partial charge in [0, 0.05) is 10.6 Å². The van der Waals surface area contributed by atoms with E-state index in [0.29, 0.717) is 10.8 Å². The van der Waals surface area contributed by atoms with Crippen molar-refractivity contribution in [3.63, 3.8) is 0 Å². The van der Waals surface area contributed by atoms with Gasteiger partial charge in [0.25, 0.3) is 0 Å². The SMILES string of the molecule is Cc1cc(-c2[nH]nc(N)c2-c2cccc(Cl)c2)c(C)nn1. The van der Waals surface area contributed by atoms with Gasteiger partial charge in [-0.15, -0.1) is 0 Å². The molecule has 0 aliphatic heterocycles. The first-order valence-electron chi connectivity index (χ1n) is 6.47. The van der Waals surface area contributed by atoms with Crippen LogP contribution in [0.3, 0.4) is 0 Å². The van der Waals surface area contributed by atoms with E-state index in [1.54, 1.807) is 0 Å². The lowest BCUT2D eigenvalue weighted by Crippen LogP contribution is -1.95. The van der Waals surface area contributed by atoms with E-state index in [2.05, 4.69) is 20.4 Å². The topological polar surface area (TPSA) is 80.5 Å². The number of hydrogen-bond donors (Lipinski definition) is 2. The van der Waals surface area contributed by atoms with Crippen molar-refractivity contribution in [2.75, 3.05) is 5.73 Å². The zero-order valence-electron chi connectivity index (χ0n) is 11.7. The molecule has 0 bridgehead atoms. The van der Waals surface area contributed by atoms with Crippen molar-refractivity contribution in [2.24, 2.45) is 0 Å². The van der Waals surface area contributed by atoms with Gasteiger partial charge >= 0.3 is 0 Å². The second-order valence-electron chi connectivity index (χ2n) is 4.85. The van der Waals surface area contributed by atoms with Crippen molar-refractivity contribution in [1.82, 2.24) is 20.4 Å². The van der Waals surface area contributed by atoms with Crippen molar-refractivity contribution in [2.45, 2.75) is 13.8 Å². The Morgan fingerprint density at radius 2 is 1.95 bits per heavy atom. The molecule has 0 atom stereocenters. The second kappa shape index (κ2) is 5.18. The summed E-state index contributed by atoms with van der Waals surface area (Å²) in [4.78, 5) is 0. The molecule has 6 heteroatoms. The molecule has 3 rings (SSSR count). The van der Waals surface area contributed by atoms with Crippen LogP contribution in [0.25, 0.3) is 22.4 Å². The van der Waals surface area contributed by atoms with E-state index in [9.17, 15) is 0 Å². The fourth-order valence-corrected chi connectivity index (χ4v) is 2.48. The molecule has 3 aromatic rings. The molecule has 0 radical (unpaired) electrons. The molecule has 0 aliphatic carbocycles. The van der Waals surface area contributed by atoms with Crippen molar-refractivity contribution < 1.29 is 0 Å². The number of rotatable bonds is 2. The number of H-pyrrole nitrogens is 1. The highest BCUT2D eigenvalue weighted by atomic mass is 35.5. The molecule has 0 unspecified atom stereocenters. The Bertz CT molecular complexity index is 810. The van der Waals surface area contributed by atoms with Crippen LogP contribution in [-0.2, 0) is 0 Å². The molecule has 0 amide bonds. The highest BCUT2D eigenvalue weighted by Gasteiger charge is 2.17. The Labute approximate surface area is 127 Å². The van der Waals surface area contributed by atoms with E-state index in [-0.39, 0.29) is 0 Å². The average molecular weight is 300 g/mol.